The second kappa shape index (κ2) is 11.8. The number of nitrogens with one attached hydrogen (secondary N) is 3. The van der Waals surface area contributed by atoms with Crippen molar-refractivity contribution in [3.8, 4) is 0 Å². The van der Waals surface area contributed by atoms with Gasteiger partial charge in [0.05, 0.1) is 18.6 Å². The Labute approximate surface area is 221 Å². The minimum atomic E-state index is -3.49. The Morgan fingerprint density at radius 2 is 1.92 bits per heavy atom. The van der Waals surface area contributed by atoms with Gasteiger partial charge in [0.2, 0.25) is 16.0 Å². The molecule has 38 heavy (non-hydrogen) atoms. The maximum atomic E-state index is 12.3. The van der Waals surface area contributed by atoms with Crippen LogP contribution in [0.15, 0.2) is 54.9 Å². The first-order chi connectivity index (χ1) is 18.3. The van der Waals surface area contributed by atoms with Crippen molar-refractivity contribution in [2.45, 2.75) is 6.92 Å². The summed E-state index contributed by atoms with van der Waals surface area (Å²) in [5.41, 5.74) is 3.13. The number of amides is 1. The Morgan fingerprint density at radius 3 is 2.63 bits per heavy atom. The van der Waals surface area contributed by atoms with Gasteiger partial charge >= 0.3 is 0 Å². The maximum Gasteiger partial charge on any atom is 0.251 e. The average Bonchev–Trinajstić information content (AvgIpc) is 3.37. The molecule has 1 aromatic carbocycles. The number of fused-ring (bicyclic) bond motifs is 1. The first-order valence-corrected chi connectivity index (χ1v) is 13.7. The molecule has 0 aliphatic heterocycles. The molecule has 3 N–H and O–H groups in total. The van der Waals surface area contributed by atoms with E-state index in [1.165, 1.54) is 4.31 Å². The molecule has 0 radical (unpaired) electrons. The van der Waals surface area contributed by atoms with Crippen LogP contribution in [0.3, 0.4) is 0 Å². The van der Waals surface area contributed by atoms with E-state index in [9.17, 15) is 13.2 Å². The summed E-state index contributed by atoms with van der Waals surface area (Å²) >= 11 is 0. The summed E-state index contributed by atoms with van der Waals surface area (Å²) in [6, 6.07) is 12.4. The molecule has 3 heterocycles. The highest BCUT2D eigenvalue weighted by Crippen LogP contribution is 2.25. The van der Waals surface area contributed by atoms with Crippen LogP contribution < -0.4 is 14.9 Å². The molecular weight excluding hydrogens is 506 g/mol. The third kappa shape index (κ3) is 6.33. The summed E-state index contributed by atoms with van der Waals surface area (Å²) in [4.78, 5) is 28.8. The fourth-order valence-corrected chi connectivity index (χ4v) is 4.74. The molecule has 0 bridgehead atoms. The summed E-state index contributed by atoms with van der Waals surface area (Å²) in [5.74, 6) is 0.518. The van der Waals surface area contributed by atoms with Crippen molar-refractivity contribution in [1.29, 1.82) is 0 Å². The molecule has 0 atom stereocenters. The lowest BCUT2D eigenvalue weighted by Gasteiger charge is -2.20. The summed E-state index contributed by atoms with van der Waals surface area (Å²) in [6.45, 7) is 2.89. The molecular formula is C26H29N7O4S. The van der Waals surface area contributed by atoms with E-state index in [4.69, 9.17) is 4.74 Å². The number of carbonyl (C=O) groups is 1. The Balaban J connectivity index is 1.59. The van der Waals surface area contributed by atoms with Gasteiger partial charge in [0.1, 0.15) is 11.5 Å². The fraction of sp³-hybridized carbons (Fsp3) is 0.231. The molecule has 1 amide bonds. The molecule has 12 heteroatoms. The summed E-state index contributed by atoms with van der Waals surface area (Å²) < 4.78 is 30.7. The second-order valence-corrected chi connectivity index (χ2v) is 10.2. The highest BCUT2D eigenvalue weighted by atomic mass is 32.2. The number of aromatic nitrogens is 4. The van der Waals surface area contributed by atoms with Gasteiger partial charge in [0, 0.05) is 54.8 Å². The lowest BCUT2D eigenvalue weighted by atomic mass is 10.2. The number of methoxy groups -OCH3 is 1. The third-order valence-electron chi connectivity index (χ3n) is 5.60. The van der Waals surface area contributed by atoms with E-state index in [1.807, 2.05) is 6.07 Å². The monoisotopic (exact) mass is 535 g/mol. The van der Waals surface area contributed by atoms with E-state index in [1.54, 1.807) is 75.0 Å². The topological polar surface area (TPSA) is 142 Å². The van der Waals surface area contributed by atoms with E-state index < -0.39 is 10.0 Å². The van der Waals surface area contributed by atoms with E-state index >= 15 is 0 Å². The van der Waals surface area contributed by atoms with Crippen LogP contribution in [0.2, 0.25) is 0 Å². The van der Waals surface area contributed by atoms with Gasteiger partial charge in [-0.1, -0.05) is 0 Å². The summed E-state index contributed by atoms with van der Waals surface area (Å²) in [5, 5.41) is 6.76. The second-order valence-electron chi connectivity index (χ2n) is 8.30. The van der Waals surface area contributed by atoms with Crippen LogP contribution in [-0.2, 0) is 14.8 Å². The standard InChI is InChI=1S/C26H29N7O4S/c1-4-33(38(3,35)36)24-18(6-5-14-28-24)9-12-22-21-13-15-27-23(21)32-26(31-22)30-20-10-7-19(8-11-20)25(34)29-16-17-37-2/h5-15H,4,16-17H2,1-3H3,(H,29,34)(H2,27,30,31,32)/b12-9+. The lowest BCUT2D eigenvalue weighted by molar-refractivity contribution is 0.0937. The predicted molar refractivity (Wildman–Crippen MR) is 149 cm³/mol. The largest absolute Gasteiger partial charge is 0.383 e. The summed E-state index contributed by atoms with van der Waals surface area (Å²) in [7, 11) is -1.91. The number of hydrogen-bond donors (Lipinski definition) is 3. The molecule has 3 aromatic heterocycles. The smallest absolute Gasteiger partial charge is 0.251 e. The molecule has 0 unspecified atom stereocenters. The number of rotatable bonds is 11. The van der Waals surface area contributed by atoms with Crippen LogP contribution in [-0.4, -0.2) is 67.3 Å². The first-order valence-electron chi connectivity index (χ1n) is 11.9. The van der Waals surface area contributed by atoms with Crippen molar-refractivity contribution in [1.82, 2.24) is 25.3 Å². The molecule has 0 fully saturated rings. The molecule has 0 saturated heterocycles. The molecule has 0 aliphatic carbocycles. The SMILES string of the molecule is CCN(c1ncccc1/C=C/c1nc(Nc2ccc(C(=O)NCCOC)cc2)nc2[nH]ccc12)S(C)(=O)=O. The van der Waals surface area contributed by atoms with E-state index in [0.717, 1.165) is 11.6 Å². The summed E-state index contributed by atoms with van der Waals surface area (Å²) in [6.07, 6.45) is 8.07. The molecule has 198 valence electrons. The predicted octanol–water partition coefficient (Wildman–Crippen LogP) is 3.43. The van der Waals surface area contributed by atoms with Crippen LogP contribution in [0.5, 0.6) is 0 Å². The minimum absolute atomic E-state index is 0.183. The zero-order valence-corrected chi connectivity index (χ0v) is 22.1. The highest BCUT2D eigenvalue weighted by molar-refractivity contribution is 7.92. The number of sulfonamides is 1. The Hall–Kier alpha value is -4.29. The number of aromatic amines is 1. The third-order valence-corrected chi connectivity index (χ3v) is 6.83. The number of anilines is 3. The molecule has 0 spiro atoms. The van der Waals surface area contributed by atoms with Crippen LogP contribution >= 0.6 is 0 Å². The van der Waals surface area contributed by atoms with Crippen molar-refractivity contribution in [2.75, 3.05) is 42.7 Å². The van der Waals surface area contributed by atoms with Gasteiger partial charge in [-0.2, -0.15) is 4.98 Å². The molecule has 0 aliphatic rings. The Morgan fingerprint density at radius 1 is 1.13 bits per heavy atom. The molecule has 4 rings (SSSR count). The first kappa shape index (κ1) is 26.8. The van der Waals surface area contributed by atoms with E-state index in [2.05, 4.69) is 30.6 Å². The molecule has 4 aromatic rings. The number of carbonyl (C=O) groups excluding carboxylic acids is 1. The van der Waals surface area contributed by atoms with Crippen molar-refractivity contribution in [2.24, 2.45) is 0 Å². The van der Waals surface area contributed by atoms with Gasteiger partial charge in [0.25, 0.3) is 5.91 Å². The zero-order chi connectivity index (χ0) is 27.1. The van der Waals surface area contributed by atoms with Gasteiger partial charge in [0.15, 0.2) is 0 Å². The van der Waals surface area contributed by atoms with Crippen molar-refractivity contribution < 1.29 is 17.9 Å². The molecule has 0 saturated carbocycles. The lowest BCUT2D eigenvalue weighted by Crippen LogP contribution is -2.30. The van der Waals surface area contributed by atoms with Gasteiger partial charge in [-0.05, 0) is 61.5 Å². The average molecular weight is 536 g/mol. The quantitative estimate of drug-likeness (QED) is 0.248. The van der Waals surface area contributed by atoms with Crippen LogP contribution in [0.25, 0.3) is 23.2 Å². The fourth-order valence-electron chi connectivity index (χ4n) is 3.81. The number of nitrogens with zero attached hydrogens (tertiary/aromatic N) is 4. The number of H-pyrrole nitrogens is 1. The van der Waals surface area contributed by atoms with Crippen molar-refractivity contribution >= 4 is 56.6 Å². The molecule has 11 nitrogen and oxygen atoms in total. The number of ether oxygens (including phenoxy) is 1. The Bertz CT molecular complexity index is 1550. The van der Waals surface area contributed by atoms with Gasteiger partial charge in [-0.15, -0.1) is 0 Å². The number of pyridine rings is 1. The maximum absolute atomic E-state index is 12.3. The van der Waals surface area contributed by atoms with Crippen molar-refractivity contribution in [3.63, 3.8) is 0 Å². The zero-order valence-electron chi connectivity index (χ0n) is 21.3. The van der Waals surface area contributed by atoms with Gasteiger partial charge in [-0.25, -0.2) is 18.4 Å². The van der Waals surface area contributed by atoms with Gasteiger partial charge in [-0.3, -0.25) is 9.10 Å². The highest BCUT2D eigenvalue weighted by Gasteiger charge is 2.19. The van der Waals surface area contributed by atoms with Crippen LogP contribution in [0.4, 0.5) is 17.5 Å². The van der Waals surface area contributed by atoms with E-state index in [-0.39, 0.29) is 12.5 Å². The Kier molecular flexibility index (Phi) is 8.34. The van der Waals surface area contributed by atoms with E-state index in [0.29, 0.717) is 53.1 Å². The minimum Gasteiger partial charge on any atom is -0.383 e. The number of benzene rings is 1. The van der Waals surface area contributed by atoms with Gasteiger partial charge < -0.3 is 20.4 Å². The normalized spacial score (nSPS) is 11.7. The van der Waals surface area contributed by atoms with Crippen LogP contribution in [0.1, 0.15) is 28.5 Å². The van der Waals surface area contributed by atoms with Crippen LogP contribution in [0, 0.1) is 0 Å². The van der Waals surface area contributed by atoms with Crippen molar-refractivity contribution in [3.05, 3.63) is 71.7 Å². The number of hydrogen-bond acceptors (Lipinski definition) is 8.